The lowest BCUT2D eigenvalue weighted by molar-refractivity contribution is 0.0522. The van der Waals surface area contributed by atoms with Crippen LogP contribution < -0.4 is 0 Å². The Morgan fingerprint density at radius 2 is 2.38 bits per heavy atom. The predicted molar refractivity (Wildman–Crippen MR) is 58.7 cm³/mol. The lowest BCUT2D eigenvalue weighted by Crippen LogP contribution is -2.06. The third-order valence-corrected chi connectivity index (χ3v) is 2.33. The van der Waals surface area contributed by atoms with E-state index in [4.69, 9.17) is 16.3 Å². The van der Waals surface area contributed by atoms with E-state index < -0.39 is 5.97 Å². The number of carbonyl (C=O) groups is 1. The number of hydrogen-bond donors (Lipinski definition) is 0. The topological polar surface area (TPSA) is 56.5 Å². The summed E-state index contributed by atoms with van der Waals surface area (Å²) in [5, 5.41) is 0.330. The summed E-state index contributed by atoms with van der Waals surface area (Å²) in [6.45, 7) is 3.90. The highest BCUT2D eigenvalue weighted by atomic mass is 35.5. The van der Waals surface area contributed by atoms with Crippen molar-refractivity contribution < 1.29 is 9.53 Å². The minimum Gasteiger partial charge on any atom is -0.461 e. The lowest BCUT2D eigenvalue weighted by atomic mass is 10.4. The van der Waals surface area contributed by atoms with E-state index in [0.717, 1.165) is 5.69 Å². The van der Waals surface area contributed by atoms with Crippen molar-refractivity contribution in [1.82, 2.24) is 14.4 Å². The van der Waals surface area contributed by atoms with Crippen LogP contribution in [0.3, 0.4) is 0 Å². The van der Waals surface area contributed by atoms with Gasteiger partial charge in [-0.2, -0.15) is 0 Å². The van der Waals surface area contributed by atoms with Crippen LogP contribution in [0.2, 0.25) is 5.15 Å². The number of hydrogen-bond acceptors (Lipinski definition) is 4. The highest BCUT2D eigenvalue weighted by Gasteiger charge is 2.16. The SMILES string of the molecule is CCOC(=O)c1ncn2c(C)cc(Cl)nc12. The largest absolute Gasteiger partial charge is 0.461 e. The van der Waals surface area contributed by atoms with Crippen molar-refractivity contribution in [2.75, 3.05) is 6.61 Å². The van der Waals surface area contributed by atoms with Crippen LogP contribution in [0.4, 0.5) is 0 Å². The van der Waals surface area contributed by atoms with Crippen molar-refractivity contribution in [3.63, 3.8) is 0 Å². The van der Waals surface area contributed by atoms with Gasteiger partial charge in [0.2, 0.25) is 0 Å². The fourth-order valence-electron chi connectivity index (χ4n) is 1.43. The van der Waals surface area contributed by atoms with E-state index in [0.29, 0.717) is 17.4 Å². The molecule has 0 spiro atoms. The van der Waals surface area contributed by atoms with Crippen LogP contribution >= 0.6 is 11.6 Å². The third kappa shape index (κ3) is 1.74. The van der Waals surface area contributed by atoms with Crippen molar-refractivity contribution in [2.24, 2.45) is 0 Å². The summed E-state index contributed by atoms with van der Waals surface area (Å²) in [5.41, 5.74) is 1.47. The average molecular weight is 240 g/mol. The van der Waals surface area contributed by atoms with Crippen molar-refractivity contribution in [2.45, 2.75) is 13.8 Å². The molecule has 0 bridgehead atoms. The maximum absolute atomic E-state index is 11.6. The quantitative estimate of drug-likeness (QED) is 0.593. The minimum atomic E-state index is -0.487. The second-order valence-electron chi connectivity index (χ2n) is 3.23. The van der Waals surface area contributed by atoms with E-state index in [-0.39, 0.29) is 5.69 Å². The van der Waals surface area contributed by atoms with E-state index in [1.807, 2.05) is 6.92 Å². The van der Waals surface area contributed by atoms with E-state index in [9.17, 15) is 4.79 Å². The number of carbonyl (C=O) groups excluding carboxylic acids is 1. The first-order chi connectivity index (χ1) is 7.63. The molecule has 0 unspecified atom stereocenters. The molecule has 16 heavy (non-hydrogen) atoms. The van der Waals surface area contributed by atoms with Crippen molar-refractivity contribution in [3.8, 4) is 0 Å². The Morgan fingerprint density at radius 3 is 3.06 bits per heavy atom. The monoisotopic (exact) mass is 239 g/mol. The van der Waals surface area contributed by atoms with Gasteiger partial charge in [0.15, 0.2) is 11.3 Å². The van der Waals surface area contributed by atoms with E-state index >= 15 is 0 Å². The molecule has 6 heteroatoms. The first kappa shape index (κ1) is 10.9. The first-order valence-electron chi connectivity index (χ1n) is 4.80. The molecule has 2 heterocycles. The molecule has 0 N–H and O–H groups in total. The molecule has 84 valence electrons. The number of halogens is 1. The smallest absolute Gasteiger partial charge is 0.360 e. The number of esters is 1. The molecule has 0 atom stereocenters. The molecule has 0 aliphatic heterocycles. The molecule has 5 nitrogen and oxygen atoms in total. The standard InChI is InChI=1S/C10H10ClN3O2/c1-3-16-10(15)8-9-13-7(11)4-6(2)14(9)5-12-8/h4-5H,3H2,1-2H3. The third-order valence-electron chi connectivity index (χ3n) is 2.13. The second kappa shape index (κ2) is 4.09. The van der Waals surface area contributed by atoms with Crippen LogP contribution in [-0.4, -0.2) is 26.9 Å². The highest BCUT2D eigenvalue weighted by molar-refractivity contribution is 6.29. The van der Waals surface area contributed by atoms with Gasteiger partial charge in [0.05, 0.1) is 6.61 Å². The fourth-order valence-corrected chi connectivity index (χ4v) is 1.66. The number of ether oxygens (including phenoxy) is 1. The second-order valence-corrected chi connectivity index (χ2v) is 3.61. The number of aromatic nitrogens is 3. The van der Waals surface area contributed by atoms with Gasteiger partial charge in [0, 0.05) is 5.69 Å². The van der Waals surface area contributed by atoms with Gasteiger partial charge in [-0.05, 0) is 19.9 Å². The molecule has 0 radical (unpaired) electrons. The van der Waals surface area contributed by atoms with Gasteiger partial charge in [-0.1, -0.05) is 11.6 Å². The zero-order valence-electron chi connectivity index (χ0n) is 8.90. The number of aryl methyl sites for hydroxylation is 1. The van der Waals surface area contributed by atoms with Crippen molar-refractivity contribution in [1.29, 1.82) is 0 Å². The Labute approximate surface area is 97.0 Å². The summed E-state index contributed by atoms with van der Waals surface area (Å²) in [7, 11) is 0. The van der Waals surface area contributed by atoms with Gasteiger partial charge < -0.3 is 4.74 Å². The van der Waals surface area contributed by atoms with E-state index in [1.165, 1.54) is 6.33 Å². The molecule has 0 aromatic carbocycles. The summed E-state index contributed by atoms with van der Waals surface area (Å²) in [5.74, 6) is -0.487. The Kier molecular flexibility index (Phi) is 2.78. The van der Waals surface area contributed by atoms with Gasteiger partial charge in [-0.3, -0.25) is 4.40 Å². The minimum absolute atomic E-state index is 0.187. The van der Waals surface area contributed by atoms with Gasteiger partial charge in [0.25, 0.3) is 0 Å². The van der Waals surface area contributed by atoms with Crippen LogP contribution in [0.1, 0.15) is 23.1 Å². The molecule has 2 aromatic rings. The molecular formula is C10H10ClN3O2. The molecule has 0 amide bonds. The molecule has 0 fully saturated rings. The maximum atomic E-state index is 11.6. The summed E-state index contributed by atoms with van der Waals surface area (Å²) in [4.78, 5) is 19.6. The molecule has 2 rings (SSSR count). The van der Waals surface area contributed by atoms with Crippen LogP contribution in [-0.2, 0) is 4.74 Å². The van der Waals surface area contributed by atoms with Gasteiger partial charge in [-0.25, -0.2) is 14.8 Å². The van der Waals surface area contributed by atoms with Crippen molar-refractivity contribution in [3.05, 3.63) is 28.9 Å². The first-order valence-corrected chi connectivity index (χ1v) is 5.18. The zero-order chi connectivity index (χ0) is 11.7. The Hall–Kier alpha value is -1.62. The zero-order valence-corrected chi connectivity index (χ0v) is 9.65. The number of imidazole rings is 1. The van der Waals surface area contributed by atoms with Crippen LogP contribution in [0.15, 0.2) is 12.4 Å². The summed E-state index contributed by atoms with van der Waals surface area (Å²) in [6.07, 6.45) is 1.53. The number of nitrogens with zero attached hydrogens (tertiary/aromatic N) is 3. The molecule has 2 aromatic heterocycles. The van der Waals surface area contributed by atoms with Crippen LogP contribution in [0.5, 0.6) is 0 Å². The Bertz CT molecular complexity index is 550. The number of fused-ring (bicyclic) bond motifs is 1. The molecule has 0 aliphatic rings. The van der Waals surface area contributed by atoms with Crippen LogP contribution in [0, 0.1) is 6.92 Å². The van der Waals surface area contributed by atoms with Gasteiger partial charge in [-0.15, -0.1) is 0 Å². The molecule has 0 saturated heterocycles. The van der Waals surface area contributed by atoms with E-state index in [2.05, 4.69) is 9.97 Å². The van der Waals surface area contributed by atoms with Crippen LogP contribution in [0.25, 0.3) is 5.65 Å². The lowest BCUT2D eigenvalue weighted by Gasteiger charge is -2.01. The van der Waals surface area contributed by atoms with Gasteiger partial charge in [0.1, 0.15) is 11.5 Å². The summed E-state index contributed by atoms with van der Waals surface area (Å²) >= 11 is 5.83. The molecular weight excluding hydrogens is 230 g/mol. The van der Waals surface area contributed by atoms with Gasteiger partial charge >= 0.3 is 5.97 Å². The van der Waals surface area contributed by atoms with Crippen molar-refractivity contribution >= 4 is 23.2 Å². The Morgan fingerprint density at radius 1 is 1.62 bits per heavy atom. The highest BCUT2D eigenvalue weighted by Crippen LogP contribution is 2.15. The normalized spacial score (nSPS) is 10.7. The molecule has 0 saturated carbocycles. The number of rotatable bonds is 2. The predicted octanol–water partition coefficient (Wildman–Crippen LogP) is 1.87. The van der Waals surface area contributed by atoms with E-state index in [1.54, 1.807) is 17.4 Å². The average Bonchev–Trinajstić information content (AvgIpc) is 2.61. The maximum Gasteiger partial charge on any atom is 0.360 e. The summed E-state index contributed by atoms with van der Waals surface area (Å²) in [6, 6.07) is 1.70. The molecule has 0 aliphatic carbocycles. The Balaban J connectivity index is 2.60. The fraction of sp³-hybridized carbons (Fsp3) is 0.300. The summed E-state index contributed by atoms with van der Waals surface area (Å²) < 4.78 is 6.57.